The Morgan fingerprint density at radius 1 is 0.718 bits per heavy atom. The van der Waals surface area contributed by atoms with Gasteiger partial charge in [-0.2, -0.15) is 53.1 Å². The van der Waals surface area contributed by atoms with Gasteiger partial charge in [-0.1, -0.05) is 29.9 Å². The van der Waals surface area contributed by atoms with Gasteiger partial charge in [0.25, 0.3) is 0 Å². The number of benzene rings is 4. The minimum absolute atomic E-state index is 0. The average Bonchev–Trinajstić information content (AvgIpc) is 3.61. The Labute approximate surface area is 265 Å². The molecule has 187 valence electrons. The zero-order chi connectivity index (χ0) is 24.6. The van der Waals surface area contributed by atoms with Crippen LogP contribution >= 0.6 is 0 Å². The predicted molar refractivity (Wildman–Crippen MR) is 143 cm³/mol. The molecule has 3 aromatic heterocycles. The Kier molecular flexibility index (Phi) is 8.23. The summed E-state index contributed by atoms with van der Waals surface area (Å²) in [7, 11) is 0. The number of para-hydroxylation sites is 1. The Morgan fingerprint density at radius 2 is 1.59 bits per heavy atom. The van der Waals surface area contributed by atoms with Crippen molar-refractivity contribution in [1.82, 2.24) is 19.3 Å². The molecule has 0 amide bonds. The second-order valence-electron chi connectivity index (χ2n) is 8.45. The van der Waals surface area contributed by atoms with Crippen LogP contribution in [0.25, 0.3) is 44.4 Å². The third-order valence-corrected chi connectivity index (χ3v) is 6.19. The van der Waals surface area contributed by atoms with Gasteiger partial charge >= 0.3 is 21.1 Å². The first-order valence-electron chi connectivity index (χ1n) is 11.8. The minimum Gasteiger partial charge on any atom is -0.509 e. The first kappa shape index (κ1) is 27.2. The number of hydrogen-bond acceptors (Lipinski definition) is 3. The standard InChI is InChI=1S/C32H18N4O.Pt.Y/c1-2-9-23(10-3-1)27-14-7-18-33-32(27)36-30-15-5-4-13-28(30)29-17-16-26(22-31(29)36)37-25-12-6-11-24(21-25)35-20-8-19-34-35;;/h1-9,11-13,15-20H;;/q-4;+2;. The predicted octanol–water partition coefficient (Wildman–Crippen LogP) is 7.02. The first-order valence-corrected chi connectivity index (χ1v) is 11.8. The van der Waals surface area contributed by atoms with Crippen LogP contribution < -0.4 is 4.74 Å². The maximum Gasteiger partial charge on any atom is 2.00 e. The zero-order valence-corrected chi connectivity index (χ0v) is 25.6. The summed E-state index contributed by atoms with van der Waals surface area (Å²) >= 11 is 0. The molecular weight excluding hydrogens is 740 g/mol. The van der Waals surface area contributed by atoms with Crippen molar-refractivity contribution in [2.45, 2.75) is 0 Å². The maximum absolute atomic E-state index is 6.23. The molecule has 0 N–H and O–H groups in total. The summed E-state index contributed by atoms with van der Waals surface area (Å²) in [5, 5.41) is 6.46. The summed E-state index contributed by atoms with van der Waals surface area (Å²) in [6.45, 7) is 0. The molecule has 3 heterocycles. The molecule has 7 aromatic rings. The van der Waals surface area contributed by atoms with Crippen LogP contribution in [0.3, 0.4) is 0 Å². The van der Waals surface area contributed by atoms with Crippen LogP contribution in [0.1, 0.15) is 0 Å². The Hall–Kier alpha value is -3.37. The summed E-state index contributed by atoms with van der Waals surface area (Å²) in [5.41, 5.74) is 4.49. The molecule has 39 heavy (non-hydrogen) atoms. The number of hydrogen-bond donors (Lipinski definition) is 0. The van der Waals surface area contributed by atoms with Crippen molar-refractivity contribution in [3.05, 3.63) is 134 Å². The molecule has 0 saturated heterocycles. The third-order valence-electron chi connectivity index (χ3n) is 6.19. The van der Waals surface area contributed by atoms with E-state index in [1.54, 1.807) is 17.1 Å². The maximum atomic E-state index is 6.23. The molecule has 0 spiro atoms. The van der Waals surface area contributed by atoms with Gasteiger partial charge in [-0.3, -0.25) is 4.68 Å². The number of aromatic nitrogens is 4. The Bertz CT molecular complexity index is 1870. The summed E-state index contributed by atoms with van der Waals surface area (Å²) < 4.78 is 10.1. The average molecular weight is 759 g/mol. The summed E-state index contributed by atoms with van der Waals surface area (Å²) in [4.78, 5) is 4.79. The third kappa shape index (κ3) is 5.15. The van der Waals surface area contributed by atoms with E-state index in [4.69, 9.17) is 9.72 Å². The van der Waals surface area contributed by atoms with Crippen molar-refractivity contribution >= 4 is 21.8 Å². The molecule has 4 aromatic carbocycles. The molecular formula is C32H18N4OPtY-2. The molecule has 0 saturated carbocycles. The molecule has 0 unspecified atom stereocenters. The Morgan fingerprint density at radius 3 is 2.44 bits per heavy atom. The molecule has 7 heteroatoms. The molecule has 5 nitrogen and oxygen atoms in total. The van der Waals surface area contributed by atoms with Crippen LogP contribution in [0.15, 0.2) is 110 Å². The van der Waals surface area contributed by atoms with Gasteiger partial charge in [-0.15, -0.1) is 47.9 Å². The quantitative estimate of drug-likeness (QED) is 0.178. The van der Waals surface area contributed by atoms with Crippen LogP contribution in [0.5, 0.6) is 11.5 Å². The van der Waals surface area contributed by atoms with E-state index in [0.717, 1.165) is 44.4 Å². The molecule has 0 aliphatic carbocycles. The molecule has 1 radical (unpaired) electrons. The first-order chi connectivity index (χ1) is 18.3. The summed E-state index contributed by atoms with van der Waals surface area (Å²) in [6, 6.07) is 43.1. The Balaban J connectivity index is 0.00000154. The minimum atomic E-state index is 0. The topological polar surface area (TPSA) is 44.9 Å². The van der Waals surface area contributed by atoms with Gasteiger partial charge in [0.1, 0.15) is 0 Å². The van der Waals surface area contributed by atoms with Crippen molar-refractivity contribution in [3.63, 3.8) is 0 Å². The van der Waals surface area contributed by atoms with Crippen LogP contribution in [0.4, 0.5) is 0 Å². The van der Waals surface area contributed by atoms with Crippen molar-refractivity contribution in [2.24, 2.45) is 0 Å². The SMILES string of the molecule is [Pt+2].[Y].[c-]1ccccc1-c1[c-]ccnc1-n1c2[c-]c(Oc3[c-]c(-n4cccn4)ccc3)ccc2c2ccccc21. The summed E-state index contributed by atoms with van der Waals surface area (Å²) in [5.74, 6) is 1.92. The van der Waals surface area contributed by atoms with Crippen LogP contribution in [0, 0.1) is 24.3 Å². The van der Waals surface area contributed by atoms with Crippen molar-refractivity contribution in [1.29, 1.82) is 0 Å². The number of pyridine rings is 1. The van der Waals surface area contributed by atoms with Crippen molar-refractivity contribution in [3.8, 4) is 34.1 Å². The summed E-state index contributed by atoms with van der Waals surface area (Å²) in [6.07, 6.45) is 5.37. The van der Waals surface area contributed by atoms with E-state index in [1.165, 1.54) is 0 Å². The van der Waals surface area contributed by atoms with Crippen LogP contribution in [-0.2, 0) is 53.8 Å². The van der Waals surface area contributed by atoms with Gasteiger partial charge in [0, 0.05) is 67.9 Å². The fourth-order valence-corrected chi connectivity index (χ4v) is 4.59. The molecule has 0 aliphatic rings. The van der Waals surface area contributed by atoms with Crippen molar-refractivity contribution in [2.75, 3.05) is 0 Å². The van der Waals surface area contributed by atoms with E-state index >= 15 is 0 Å². The second kappa shape index (κ2) is 11.8. The van der Waals surface area contributed by atoms with E-state index in [0.29, 0.717) is 11.5 Å². The number of fused-ring (bicyclic) bond motifs is 3. The molecule has 0 atom stereocenters. The van der Waals surface area contributed by atoms with E-state index < -0.39 is 0 Å². The van der Waals surface area contributed by atoms with Gasteiger partial charge in [-0.05, 0) is 23.2 Å². The smallest absolute Gasteiger partial charge is 0.509 e. The van der Waals surface area contributed by atoms with Crippen molar-refractivity contribution < 1.29 is 58.5 Å². The number of rotatable bonds is 5. The molecule has 7 rings (SSSR count). The number of ether oxygens (including phenoxy) is 1. The van der Waals surface area contributed by atoms with Gasteiger partial charge in [0.05, 0.1) is 0 Å². The van der Waals surface area contributed by atoms with Gasteiger partial charge in [0.15, 0.2) is 0 Å². The van der Waals surface area contributed by atoms with Crippen LogP contribution in [0.2, 0.25) is 0 Å². The normalized spacial score (nSPS) is 10.7. The van der Waals surface area contributed by atoms with Gasteiger partial charge < -0.3 is 14.3 Å². The van der Waals surface area contributed by atoms with Gasteiger partial charge in [0.2, 0.25) is 0 Å². The van der Waals surface area contributed by atoms with E-state index in [-0.39, 0.29) is 53.8 Å². The van der Waals surface area contributed by atoms with Crippen LogP contribution in [-0.4, -0.2) is 19.3 Å². The molecule has 0 bridgehead atoms. The molecule has 0 fully saturated rings. The number of nitrogens with zero attached hydrogens (tertiary/aromatic N) is 4. The van der Waals surface area contributed by atoms with E-state index in [9.17, 15) is 0 Å². The van der Waals surface area contributed by atoms with E-state index in [2.05, 4.69) is 52.1 Å². The fourth-order valence-electron chi connectivity index (χ4n) is 4.59. The van der Waals surface area contributed by atoms with E-state index in [1.807, 2.05) is 79.0 Å². The van der Waals surface area contributed by atoms with Gasteiger partial charge in [-0.25, -0.2) is 5.56 Å². The fraction of sp³-hybridized carbons (Fsp3) is 0. The monoisotopic (exact) mass is 758 g/mol. The largest absolute Gasteiger partial charge is 2.00 e. The molecule has 0 aliphatic heterocycles. The zero-order valence-electron chi connectivity index (χ0n) is 20.5. The second-order valence-corrected chi connectivity index (χ2v) is 8.45.